The predicted octanol–water partition coefficient (Wildman–Crippen LogP) is 5.17. The molecule has 4 rings (SSSR count). The van der Waals surface area contributed by atoms with E-state index in [1.807, 2.05) is 20.8 Å². The Hall–Kier alpha value is -2.34. The number of hydrogen-bond acceptors (Lipinski definition) is 4. The summed E-state index contributed by atoms with van der Waals surface area (Å²) in [7, 11) is 2.19. The number of piperidine rings is 1. The lowest BCUT2D eigenvalue weighted by molar-refractivity contribution is 0.0327. The summed E-state index contributed by atoms with van der Waals surface area (Å²) in [5.41, 5.74) is 2.40. The van der Waals surface area contributed by atoms with Crippen molar-refractivity contribution >= 4 is 22.7 Å². The second-order valence-corrected chi connectivity index (χ2v) is 10.6. The lowest BCUT2D eigenvalue weighted by atomic mass is 9.96. The van der Waals surface area contributed by atoms with E-state index in [2.05, 4.69) is 60.9 Å². The molecular formula is C25H36N4O2. The van der Waals surface area contributed by atoms with Gasteiger partial charge in [0.05, 0.1) is 17.3 Å². The average Bonchev–Trinajstić information content (AvgIpc) is 3.09. The molecule has 1 fully saturated rings. The second-order valence-electron chi connectivity index (χ2n) is 10.6. The number of carbonyl (C=O) groups excluding carboxylic acids is 1. The average molecular weight is 425 g/mol. The fraction of sp³-hybridized carbons (Fsp3) is 0.600. The van der Waals surface area contributed by atoms with Crippen molar-refractivity contribution in [1.82, 2.24) is 19.6 Å². The third-order valence-electron chi connectivity index (χ3n) is 6.13. The maximum absolute atomic E-state index is 12.9. The molecule has 0 N–H and O–H groups in total. The molecule has 1 saturated heterocycles. The molecule has 0 spiro atoms. The summed E-state index contributed by atoms with van der Waals surface area (Å²) in [6.45, 7) is 13.0. The first-order valence-electron chi connectivity index (χ1n) is 11.5. The number of benzene rings is 1. The largest absolute Gasteiger partial charge is 0.443 e. The highest BCUT2D eigenvalue weighted by atomic mass is 16.6. The number of aromatic nitrogens is 2. The van der Waals surface area contributed by atoms with Crippen molar-refractivity contribution in [2.75, 3.05) is 26.7 Å². The molecular weight excluding hydrogens is 388 g/mol. The number of ether oxygens (including phenoxy) is 1. The normalized spacial score (nSPS) is 25.5. The van der Waals surface area contributed by atoms with Gasteiger partial charge in [-0.2, -0.15) is 5.10 Å². The van der Waals surface area contributed by atoms with Gasteiger partial charge in [-0.15, -0.1) is 0 Å². The highest BCUT2D eigenvalue weighted by molar-refractivity contribution is 5.87. The van der Waals surface area contributed by atoms with E-state index in [4.69, 9.17) is 9.84 Å². The topological polar surface area (TPSA) is 50.6 Å². The van der Waals surface area contributed by atoms with Crippen molar-refractivity contribution in [3.8, 4) is 0 Å². The lowest BCUT2D eigenvalue weighted by Gasteiger charge is -2.34. The van der Waals surface area contributed by atoms with E-state index in [0.29, 0.717) is 24.4 Å². The van der Waals surface area contributed by atoms with E-state index in [-0.39, 0.29) is 6.09 Å². The number of fused-ring (bicyclic) bond motifs is 1. The number of allylic oxidation sites excluding steroid dienone is 1. The molecule has 0 radical (unpaired) electrons. The molecule has 168 valence electrons. The molecule has 0 aliphatic carbocycles. The molecule has 1 amide bonds. The van der Waals surface area contributed by atoms with E-state index in [9.17, 15) is 4.79 Å². The van der Waals surface area contributed by atoms with Crippen LogP contribution < -0.4 is 0 Å². The SMILES string of the molecule is C[C@@H]1C[C@@H](n2cc3ccc(C4=CC[C@H](C)CN4C(=O)OC(C)(C)C)cc3n2)CN(C)C1. The standard InChI is InChI=1S/C25H36N4O2/c1-17-7-10-23(28(14-17)24(30)31-25(3,4)5)19-8-9-20-15-29(26-22(20)12-19)21-11-18(2)13-27(6)16-21/h8-10,12,15,17-18,21H,7,11,13-14,16H2,1-6H3/t17-,18+,21+/m0/s1. The van der Waals surface area contributed by atoms with Crippen LogP contribution in [0.25, 0.3) is 16.6 Å². The van der Waals surface area contributed by atoms with Crippen molar-refractivity contribution in [3.63, 3.8) is 0 Å². The Bertz CT molecular complexity index is 977. The molecule has 1 aromatic heterocycles. The van der Waals surface area contributed by atoms with Gasteiger partial charge < -0.3 is 9.64 Å². The smallest absolute Gasteiger partial charge is 0.414 e. The number of carbonyl (C=O) groups is 1. The van der Waals surface area contributed by atoms with Crippen LogP contribution in [0, 0.1) is 11.8 Å². The Morgan fingerprint density at radius 1 is 1.13 bits per heavy atom. The van der Waals surface area contributed by atoms with E-state index >= 15 is 0 Å². The number of amides is 1. The highest BCUT2D eigenvalue weighted by Crippen LogP contribution is 2.32. The zero-order valence-corrected chi connectivity index (χ0v) is 19.8. The van der Waals surface area contributed by atoms with Crippen LogP contribution in [0.1, 0.15) is 59.1 Å². The Balaban J connectivity index is 1.63. The minimum Gasteiger partial charge on any atom is -0.443 e. The summed E-state index contributed by atoms with van der Waals surface area (Å²) >= 11 is 0. The number of hydrogen-bond donors (Lipinski definition) is 0. The molecule has 31 heavy (non-hydrogen) atoms. The first kappa shape index (κ1) is 21.9. The van der Waals surface area contributed by atoms with E-state index in [1.54, 1.807) is 4.90 Å². The maximum atomic E-state index is 12.9. The number of likely N-dealkylation sites (N-methyl/N-ethyl adjacent to an activating group) is 1. The van der Waals surface area contributed by atoms with Gasteiger partial charge in [0, 0.05) is 36.8 Å². The Morgan fingerprint density at radius 3 is 2.61 bits per heavy atom. The molecule has 6 nitrogen and oxygen atoms in total. The summed E-state index contributed by atoms with van der Waals surface area (Å²) in [6.07, 6.45) is 6.15. The van der Waals surface area contributed by atoms with Crippen LogP contribution in [0.5, 0.6) is 0 Å². The summed E-state index contributed by atoms with van der Waals surface area (Å²) in [6, 6.07) is 6.73. The summed E-state index contributed by atoms with van der Waals surface area (Å²) in [4.78, 5) is 17.1. The molecule has 3 atom stereocenters. The first-order chi connectivity index (χ1) is 14.6. The molecule has 2 aromatic rings. The van der Waals surface area contributed by atoms with Gasteiger partial charge in [0.25, 0.3) is 0 Å². The lowest BCUT2D eigenvalue weighted by Crippen LogP contribution is -2.39. The van der Waals surface area contributed by atoms with Gasteiger partial charge in [0.15, 0.2) is 0 Å². The van der Waals surface area contributed by atoms with Crippen molar-refractivity contribution in [3.05, 3.63) is 36.0 Å². The van der Waals surface area contributed by atoms with Gasteiger partial charge in [-0.1, -0.05) is 32.1 Å². The van der Waals surface area contributed by atoms with Crippen molar-refractivity contribution in [1.29, 1.82) is 0 Å². The quantitative estimate of drug-likeness (QED) is 0.668. The molecule has 0 saturated carbocycles. The van der Waals surface area contributed by atoms with Crippen LogP contribution in [0.4, 0.5) is 4.79 Å². The Labute approximate surface area is 185 Å². The monoisotopic (exact) mass is 424 g/mol. The Kier molecular flexibility index (Phi) is 5.86. The predicted molar refractivity (Wildman–Crippen MR) is 125 cm³/mol. The minimum atomic E-state index is -0.518. The molecule has 2 aliphatic heterocycles. The minimum absolute atomic E-state index is 0.282. The summed E-state index contributed by atoms with van der Waals surface area (Å²) in [5, 5.41) is 6.07. The van der Waals surface area contributed by atoms with Crippen LogP contribution in [0.15, 0.2) is 30.5 Å². The number of rotatable bonds is 2. The Morgan fingerprint density at radius 2 is 1.90 bits per heavy atom. The molecule has 3 heterocycles. The molecule has 6 heteroatoms. The van der Waals surface area contributed by atoms with E-state index in [1.165, 1.54) is 0 Å². The summed E-state index contributed by atoms with van der Waals surface area (Å²) < 4.78 is 7.83. The number of nitrogens with zero attached hydrogens (tertiary/aromatic N) is 4. The van der Waals surface area contributed by atoms with Crippen LogP contribution >= 0.6 is 0 Å². The van der Waals surface area contributed by atoms with Gasteiger partial charge in [-0.3, -0.25) is 9.58 Å². The molecule has 0 bridgehead atoms. The highest BCUT2D eigenvalue weighted by Gasteiger charge is 2.30. The van der Waals surface area contributed by atoms with E-state index in [0.717, 1.165) is 48.1 Å². The zero-order valence-electron chi connectivity index (χ0n) is 19.8. The van der Waals surface area contributed by atoms with Gasteiger partial charge in [-0.05, 0) is 58.6 Å². The summed E-state index contributed by atoms with van der Waals surface area (Å²) in [5.74, 6) is 1.08. The first-order valence-corrected chi connectivity index (χ1v) is 11.5. The van der Waals surface area contributed by atoms with Gasteiger partial charge in [0.1, 0.15) is 5.60 Å². The van der Waals surface area contributed by atoms with Crippen LogP contribution in [-0.4, -0.2) is 58.0 Å². The van der Waals surface area contributed by atoms with Gasteiger partial charge in [-0.25, -0.2) is 4.79 Å². The molecule has 1 aromatic carbocycles. The second kappa shape index (κ2) is 8.30. The van der Waals surface area contributed by atoms with Gasteiger partial charge >= 0.3 is 6.09 Å². The van der Waals surface area contributed by atoms with Crippen LogP contribution in [-0.2, 0) is 4.74 Å². The van der Waals surface area contributed by atoms with Crippen molar-refractivity contribution < 1.29 is 9.53 Å². The third kappa shape index (κ3) is 4.95. The van der Waals surface area contributed by atoms with Crippen molar-refractivity contribution in [2.45, 2.75) is 59.1 Å². The van der Waals surface area contributed by atoms with Gasteiger partial charge in [0.2, 0.25) is 0 Å². The molecule has 2 aliphatic rings. The fourth-order valence-corrected chi connectivity index (χ4v) is 4.82. The zero-order chi connectivity index (χ0) is 22.3. The molecule has 0 unspecified atom stereocenters. The third-order valence-corrected chi connectivity index (χ3v) is 6.13. The number of likely N-dealkylation sites (tertiary alicyclic amines) is 1. The maximum Gasteiger partial charge on any atom is 0.414 e. The fourth-order valence-electron chi connectivity index (χ4n) is 4.82. The van der Waals surface area contributed by atoms with Crippen LogP contribution in [0.3, 0.4) is 0 Å². The van der Waals surface area contributed by atoms with Crippen molar-refractivity contribution in [2.24, 2.45) is 11.8 Å². The van der Waals surface area contributed by atoms with E-state index < -0.39 is 5.60 Å². The van der Waals surface area contributed by atoms with Crippen LogP contribution in [0.2, 0.25) is 0 Å².